The van der Waals surface area contributed by atoms with Gasteiger partial charge in [0.25, 0.3) is 0 Å². The maximum Gasteiger partial charge on any atom is 0.341 e. The van der Waals surface area contributed by atoms with Crippen LogP contribution >= 0.6 is 0 Å². The number of carbonyl (C=O) groups is 2. The van der Waals surface area contributed by atoms with E-state index in [0.717, 1.165) is 28.3 Å². The van der Waals surface area contributed by atoms with E-state index in [1.807, 2.05) is 72.8 Å². The van der Waals surface area contributed by atoms with Crippen molar-refractivity contribution in [1.82, 2.24) is 0 Å². The molecule has 6 heteroatoms. The van der Waals surface area contributed by atoms with Crippen LogP contribution in [-0.2, 0) is 14.3 Å². The molecule has 0 radical (unpaired) electrons. The number of carbonyl (C=O) groups excluding carboxylic acids is 2. The number of ether oxygens (including phenoxy) is 3. The highest BCUT2D eigenvalue weighted by Gasteiger charge is 2.08. The van der Waals surface area contributed by atoms with Gasteiger partial charge in [0, 0.05) is 6.08 Å². The minimum Gasteiger partial charge on any atom is -0.490 e. The Morgan fingerprint density at radius 2 is 1.29 bits per heavy atom. The van der Waals surface area contributed by atoms with Crippen molar-refractivity contribution in [3.63, 3.8) is 0 Å². The molecule has 6 nitrogen and oxygen atoms in total. The summed E-state index contributed by atoms with van der Waals surface area (Å²) >= 11 is 0. The summed E-state index contributed by atoms with van der Waals surface area (Å²) in [6.07, 6.45) is 5.14. The molecule has 178 valence electrons. The van der Waals surface area contributed by atoms with Crippen molar-refractivity contribution in [2.75, 3.05) is 19.8 Å². The molecule has 0 fully saturated rings. The normalized spacial score (nSPS) is 10.5. The van der Waals surface area contributed by atoms with E-state index in [0.29, 0.717) is 11.5 Å². The van der Waals surface area contributed by atoms with Gasteiger partial charge in [0.15, 0.2) is 0 Å². The third-order valence-electron chi connectivity index (χ3n) is 4.90. The molecule has 0 bridgehead atoms. The van der Waals surface area contributed by atoms with Gasteiger partial charge in [0.05, 0.1) is 12.2 Å². The zero-order chi connectivity index (χ0) is 25.0. The monoisotopic (exact) mass is 470 g/mol. The van der Waals surface area contributed by atoms with Gasteiger partial charge in [-0.05, 0) is 46.5 Å². The highest BCUT2D eigenvalue weighted by atomic mass is 16.6. The third kappa shape index (κ3) is 7.84. The summed E-state index contributed by atoms with van der Waals surface area (Å²) < 4.78 is 15.6. The Morgan fingerprint density at radius 1 is 0.771 bits per heavy atom. The van der Waals surface area contributed by atoms with E-state index < -0.39 is 18.5 Å². The van der Waals surface area contributed by atoms with E-state index in [1.54, 1.807) is 12.1 Å². The lowest BCUT2D eigenvalue weighted by Gasteiger charge is -2.07. The number of benzene rings is 3. The number of esters is 2. The van der Waals surface area contributed by atoms with E-state index in [9.17, 15) is 9.59 Å². The summed E-state index contributed by atoms with van der Waals surface area (Å²) in [5.41, 5.74) is 4.08. The Hall–Kier alpha value is -4.42. The summed E-state index contributed by atoms with van der Waals surface area (Å²) in [5, 5.41) is 8.94. The Labute approximate surface area is 204 Å². The molecule has 0 saturated heterocycles. The summed E-state index contributed by atoms with van der Waals surface area (Å²) in [5.74, 6) is -0.0321. The maximum atomic E-state index is 11.7. The molecular formula is C29H26O6. The van der Waals surface area contributed by atoms with Gasteiger partial charge < -0.3 is 19.3 Å². The number of rotatable bonds is 11. The molecule has 0 atom stereocenters. The second kappa shape index (κ2) is 12.7. The standard InChI is InChI=1S/C29H26O6/c1-3-28(31)34-19-18-33-26-14-8-23(9-15-26)5-4-22-6-10-24(11-7-22)25-12-16-27(17-13-25)35-29(32)21(2)20-30/h3-17,30H,1-2,18-20H2/b5-4+. The SMILES string of the molecule is C=CC(=O)OCCOc1ccc(/C=C/c2ccc(-c3ccc(OC(=O)C(=C)CO)cc3)cc2)cc1. The molecule has 3 rings (SSSR count). The number of hydrogen-bond donors (Lipinski definition) is 1. The molecule has 0 aliphatic rings. The van der Waals surface area contributed by atoms with Crippen LogP contribution in [0.15, 0.2) is 97.6 Å². The lowest BCUT2D eigenvalue weighted by atomic mass is 10.0. The third-order valence-corrected chi connectivity index (χ3v) is 4.90. The smallest absolute Gasteiger partial charge is 0.341 e. The molecule has 1 N–H and O–H groups in total. The molecule has 0 aromatic heterocycles. The minimum absolute atomic E-state index is 0.00532. The van der Waals surface area contributed by atoms with E-state index >= 15 is 0 Å². The number of aliphatic hydroxyl groups is 1. The molecule has 0 heterocycles. The molecule has 0 amide bonds. The molecule has 0 aliphatic heterocycles. The van der Waals surface area contributed by atoms with Crippen molar-refractivity contribution < 1.29 is 28.9 Å². The lowest BCUT2D eigenvalue weighted by Crippen LogP contribution is -2.12. The Bertz CT molecular complexity index is 1190. The zero-order valence-electron chi connectivity index (χ0n) is 19.2. The predicted octanol–water partition coefficient (Wildman–Crippen LogP) is 5.09. The van der Waals surface area contributed by atoms with Crippen molar-refractivity contribution >= 4 is 24.1 Å². The topological polar surface area (TPSA) is 82.1 Å². The summed E-state index contributed by atoms with van der Waals surface area (Å²) in [6, 6.07) is 22.8. The van der Waals surface area contributed by atoms with Crippen LogP contribution in [0, 0.1) is 0 Å². The first-order valence-corrected chi connectivity index (χ1v) is 10.9. The molecule has 0 aliphatic carbocycles. The molecular weight excluding hydrogens is 444 g/mol. The molecule has 3 aromatic carbocycles. The summed E-state index contributed by atoms with van der Waals surface area (Å²) in [7, 11) is 0. The van der Waals surface area contributed by atoms with Crippen molar-refractivity contribution in [1.29, 1.82) is 0 Å². The average molecular weight is 471 g/mol. The van der Waals surface area contributed by atoms with Gasteiger partial charge in [-0.25, -0.2) is 9.59 Å². The molecule has 0 saturated carbocycles. The average Bonchev–Trinajstić information content (AvgIpc) is 2.90. The van der Waals surface area contributed by atoms with Gasteiger partial charge in [-0.1, -0.05) is 73.8 Å². The fraction of sp³-hybridized carbons (Fsp3) is 0.103. The van der Waals surface area contributed by atoms with E-state index in [4.69, 9.17) is 19.3 Å². The van der Waals surface area contributed by atoms with Crippen molar-refractivity contribution in [2.45, 2.75) is 0 Å². The van der Waals surface area contributed by atoms with Gasteiger partial charge in [-0.15, -0.1) is 0 Å². The maximum absolute atomic E-state index is 11.7. The Kier molecular flexibility index (Phi) is 9.16. The minimum atomic E-state index is -0.648. The predicted molar refractivity (Wildman–Crippen MR) is 136 cm³/mol. The van der Waals surface area contributed by atoms with Gasteiger partial charge in [0.2, 0.25) is 0 Å². The quantitative estimate of drug-likeness (QED) is 0.138. The van der Waals surface area contributed by atoms with Crippen molar-refractivity contribution in [3.05, 3.63) is 109 Å². The first-order valence-electron chi connectivity index (χ1n) is 10.9. The fourth-order valence-corrected chi connectivity index (χ4v) is 2.97. The van der Waals surface area contributed by atoms with Crippen LogP contribution in [0.3, 0.4) is 0 Å². The largest absolute Gasteiger partial charge is 0.490 e. The Balaban J connectivity index is 1.53. The Morgan fingerprint density at radius 3 is 1.83 bits per heavy atom. The van der Waals surface area contributed by atoms with Crippen LogP contribution in [-0.4, -0.2) is 36.9 Å². The highest BCUT2D eigenvalue weighted by Crippen LogP contribution is 2.24. The van der Waals surface area contributed by atoms with Gasteiger partial charge in [0.1, 0.15) is 24.7 Å². The zero-order valence-corrected chi connectivity index (χ0v) is 19.2. The second-order valence-electron chi connectivity index (χ2n) is 7.42. The van der Waals surface area contributed by atoms with Crippen LogP contribution in [0.5, 0.6) is 11.5 Å². The number of aliphatic hydroxyl groups excluding tert-OH is 1. The van der Waals surface area contributed by atoms with Crippen molar-refractivity contribution in [3.8, 4) is 22.6 Å². The molecule has 0 unspecified atom stereocenters. The van der Waals surface area contributed by atoms with E-state index in [1.165, 1.54) is 0 Å². The first-order chi connectivity index (χ1) is 17.0. The van der Waals surface area contributed by atoms with Crippen LogP contribution in [0.1, 0.15) is 11.1 Å². The van der Waals surface area contributed by atoms with Crippen LogP contribution in [0.25, 0.3) is 23.3 Å². The number of hydrogen-bond acceptors (Lipinski definition) is 6. The lowest BCUT2D eigenvalue weighted by molar-refractivity contribution is -0.138. The fourth-order valence-electron chi connectivity index (χ4n) is 2.97. The van der Waals surface area contributed by atoms with E-state index in [2.05, 4.69) is 13.2 Å². The molecule has 0 spiro atoms. The summed E-state index contributed by atoms with van der Waals surface area (Å²) in [6.45, 7) is 6.79. The summed E-state index contributed by atoms with van der Waals surface area (Å²) in [4.78, 5) is 22.7. The second-order valence-corrected chi connectivity index (χ2v) is 7.42. The van der Waals surface area contributed by atoms with Gasteiger partial charge in [-0.3, -0.25) is 0 Å². The van der Waals surface area contributed by atoms with Crippen LogP contribution in [0.2, 0.25) is 0 Å². The van der Waals surface area contributed by atoms with Crippen molar-refractivity contribution in [2.24, 2.45) is 0 Å². The first kappa shape index (κ1) is 25.2. The highest BCUT2D eigenvalue weighted by molar-refractivity contribution is 5.89. The molecule has 35 heavy (non-hydrogen) atoms. The van der Waals surface area contributed by atoms with Gasteiger partial charge >= 0.3 is 11.9 Å². The van der Waals surface area contributed by atoms with E-state index in [-0.39, 0.29) is 18.8 Å². The van der Waals surface area contributed by atoms with Gasteiger partial charge in [-0.2, -0.15) is 0 Å². The van der Waals surface area contributed by atoms with Crippen LogP contribution in [0.4, 0.5) is 0 Å². The van der Waals surface area contributed by atoms with Crippen LogP contribution < -0.4 is 9.47 Å². The molecule has 3 aromatic rings.